The van der Waals surface area contributed by atoms with Crippen LogP contribution in [0.25, 0.3) is 0 Å². The van der Waals surface area contributed by atoms with Crippen LogP contribution in [-0.2, 0) is 0 Å². The Kier molecular flexibility index (Phi) is 5.80. The van der Waals surface area contributed by atoms with Crippen molar-refractivity contribution in [3.63, 3.8) is 0 Å². The fourth-order valence-corrected chi connectivity index (χ4v) is 2.52. The van der Waals surface area contributed by atoms with Gasteiger partial charge in [0, 0.05) is 19.6 Å². The predicted octanol–water partition coefficient (Wildman–Crippen LogP) is 2.91. The first-order chi connectivity index (χ1) is 9.23. The number of carbonyl (C=O) groups is 1. The van der Waals surface area contributed by atoms with Crippen LogP contribution in [0.5, 0.6) is 0 Å². The second-order valence-electron chi connectivity index (χ2n) is 5.91. The van der Waals surface area contributed by atoms with Gasteiger partial charge in [-0.2, -0.15) is 0 Å². The van der Waals surface area contributed by atoms with Gasteiger partial charge in [0.15, 0.2) is 5.13 Å². The molecule has 1 amide bonds. The van der Waals surface area contributed by atoms with Gasteiger partial charge in [0.05, 0.1) is 0 Å². The van der Waals surface area contributed by atoms with Crippen LogP contribution < -0.4 is 11.1 Å². The van der Waals surface area contributed by atoms with Gasteiger partial charge in [-0.25, -0.2) is 4.98 Å². The van der Waals surface area contributed by atoms with E-state index in [-0.39, 0.29) is 11.9 Å². The Morgan fingerprint density at radius 3 is 2.45 bits per heavy atom. The molecule has 5 nitrogen and oxygen atoms in total. The Balaban J connectivity index is 2.83. The molecule has 1 atom stereocenters. The Labute approximate surface area is 125 Å². The van der Waals surface area contributed by atoms with E-state index >= 15 is 0 Å². The van der Waals surface area contributed by atoms with Gasteiger partial charge in [-0.1, -0.05) is 39.0 Å². The number of carbonyl (C=O) groups excluding carboxylic acids is 1. The lowest BCUT2D eigenvalue weighted by atomic mass is 10.1. The minimum atomic E-state index is -0.0567. The quantitative estimate of drug-likeness (QED) is 0.847. The largest absolute Gasteiger partial charge is 0.382 e. The molecule has 20 heavy (non-hydrogen) atoms. The summed E-state index contributed by atoms with van der Waals surface area (Å²) in [7, 11) is 1.81. The minimum Gasteiger partial charge on any atom is -0.382 e. The monoisotopic (exact) mass is 298 g/mol. The van der Waals surface area contributed by atoms with E-state index in [9.17, 15) is 4.79 Å². The van der Waals surface area contributed by atoms with Gasteiger partial charge in [-0.05, 0) is 18.8 Å². The smallest absolute Gasteiger partial charge is 0.267 e. The van der Waals surface area contributed by atoms with Gasteiger partial charge in [-0.15, -0.1) is 0 Å². The third-order valence-electron chi connectivity index (χ3n) is 3.41. The molecule has 1 rings (SSSR count). The number of thiazole rings is 1. The molecule has 0 radical (unpaired) electrons. The van der Waals surface area contributed by atoms with Crippen LogP contribution >= 0.6 is 11.3 Å². The Morgan fingerprint density at radius 2 is 1.95 bits per heavy atom. The second-order valence-corrected chi connectivity index (χ2v) is 6.91. The van der Waals surface area contributed by atoms with Crippen molar-refractivity contribution in [2.24, 2.45) is 11.8 Å². The minimum absolute atomic E-state index is 0.0567. The summed E-state index contributed by atoms with van der Waals surface area (Å²) in [6, 6.07) is 0.163. The number of hydrogen-bond donors (Lipinski definition) is 2. The van der Waals surface area contributed by atoms with Gasteiger partial charge < -0.3 is 16.0 Å². The van der Waals surface area contributed by atoms with Crippen molar-refractivity contribution in [1.82, 2.24) is 9.88 Å². The Morgan fingerprint density at radius 1 is 1.35 bits per heavy atom. The Hall–Kier alpha value is -1.30. The van der Waals surface area contributed by atoms with Crippen LogP contribution in [0.3, 0.4) is 0 Å². The standard InChI is InChI=1S/C14H26N4OS/c1-8(2)7-16-14-17-12(15)11(20-14)13(19)18(6)10(5)9(3)4/h8-10H,7,15H2,1-6H3,(H,16,17). The van der Waals surface area contributed by atoms with Gasteiger partial charge in [-0.3, -0.25) is 4.79 Å². The van der Waals surface area contributed by atoms with Gasteiger partial charge in [0.25, 0.3) is 5.91 Å². The maximum Gasteiger partial charge on any atom is 0.267 e. The topological polar surface area (TPSA) is 71.2 Å². The average molecular weight is 298 g/mol. The van der Waals surface area contributed by atoms with E-state index < -0.39 is 0 Å². The van der Waals surface area contributed by atoms with Crippen LogP contribution in [-0.4, -0.2) is 35.4 Å². The van der Waals surface area contributed by atoms with Crippen LogP contribution in [0, 0.1) is 11.8 Å². The number of anilines is 2. The third kappa shape index (κ3) is 4.10. The fraction of sp³-hybridized carbons (Fsp3) is 0.714. The first kappa shape index (κ1) is 16.8. The molecule has 3 N–H and O–H groups in total. The summed E-state index contributed by atoms with van der Waals surface area (Å²) >= 11 is 1.33. The average Bonchev–Trinajstić information content (AvgIpc) is 2.74. The lowest BCUT2D eigenvalue weighted by molar-refractivity contribution is 0.0713. The van der Waals surface area contributed by atoms with E-state index in [4.69, 9.17) is 5.73 Å². The van der Waals surface area contributed by atoms with E-state index in [0.29, 0.717) is 27.7 Å². The summed E-state index contributed by atoms with van der Waals surface area (Å²) < 4.78 is 0. The highest BCUT2D eigenvalue weighted by molar-refractivity contribution is 7.18. The van der Waals surface area contributed by atoms with Crippen molar-refractivity contribution in [2.45, 2.75) is 40.7 Å². The molecule has 0 bridgehead atoms. The second kappa shape index (κ2) is 6.92. The van der Waals surface area contributed by atoms with E-state index in [2.05, 4.69) is 38.0 Å². The lowest BCUT2D eigenvalue weighted by Gasteiger charge is -2.27. The molecule has 1 aromatic heterocycles. The predicted molar refractivity (Wildman–Crippen MR) is 86.2 cm³/mol. The summed E-state index contributed by atoms with van der Waals surface area (Å²) in [6.07, 6.45) is 0. The molecule has 0 spiro atoms. The molecule has 0 aromatic carbocycles. The number of amides is 1. The van der Waals surface area contributed by atoms with Crippen LogP contribution in [0.15, 0.2) is 0 Å². The number of nitrogen functional groups attached to an aromatic ring is 1. The van der Waals surface area contributed by atoms with Crippen molar-refractivity contribution in [3.8, 4) is 0 Å². The molecule has 0 aliphatic carbocycles. The maximum atomic E-state index is 12.5. The first-order valence-corrected chi connectivity index (χ1v) is 7.83. The summed E-state index contributed by atoms with van der Waals surface area (Å²) in [5.41, 5.74) is 5.87. The van der Waals surface area contributed by atoms with E-state index in [1.165, 1.54) is 11.3 Å². The van der Waals surface area contributed by atoms with E-state index in [0.717, 1.165) is 6.54 Å². The molecule has 0 aliphatic heterocycles. The number of nitrogens with zero attached hydrogens (tertiary/aromatic N) is 2. The molecular weight excluding hydrogens is 272 g/mol. The molecule has 1 unspecified atom stereocenters. The number of nitrogens with one attached hydrogen (secondary N) is 1. The highest BCUT2D eigenvalue weighted by Gasteiger charge is 2.24. The zero-order valence-electron chi connectivity index (χ0n) is 13.2. The van der Waals surface area contributed by atoms with Crippen LogP contribution in [0.1, 0.15) is 44.3 Å². The van der Waals surface area contributed by atoms with E-state index in [1.807, 2.05) is 14.0 Å². The lowest BCUT2D eigenvalue weighted by Crippen LogP contribution is -2.38. The molecule has 0 fully saturated rings. The normalized spacial score (nSPS) is 12.8. The fourth-order valence-electron chi connectivity index (χ4n) is 1.64. The van der Waals surface area contributed by atoms with Crippen molar-refractivity contribution in [3.05, 3.63) is 4.88 Å². The summed E-state index contributed by atoms with van der Waals surface area (Å²) in [6.45, 7) is 11.3. The maximum absolute atomic E-state index is 12.5. The molecule has 114 valence electrons. The number of nitrogens with two attached hydrogens (primary N) is 1. The summed E-state index contributed by atoms with van der Waals surface area (Å²) in [5, 5.41) is 3.92. The molecule has 1 aromatic rings. The SMILES string of the molecule is CC(C)CNc1nc(N)c(C(=O)N(C)C(C)C(C)C)s1. The summed E-state index contributed by atoms with van der Waals surface area (Å²) in [5.74, 6) is 1.17. The number of hydrogen-bond acceptors (Lipinski definition) is 5. The van der Waals surface area contributed by atoms with Crippen molar-refractivity contribution >= 4 is 28.2 Å². The zero-order valence-corrected chi connectivity index (χ0v) is 14.0. The zero-order chi connectivity index (χ0) is 15.4. The highest BCUT2D eigenvalue weighted by atomic mass is 32.1. The molecular formula is C14H26N4OS. The third-order valence-corrected chi connectivity index (χ3v) is 4.42. The van der Waals surface area contributed by atoms with Gasteiger partial charge in [0.1, 0.15) is 10.7 Å². The van der Waals surface area contributed by atoms with Gasteiger partial charge in [0.2, 0.25) is 0 Å². The molecule has 0 saturated heterocycles. The molecule has 0 saturated carbocycles. The highest BCUT2D eigenvalue weighted by Crippen LogP contribution is 2.27. The summed E-state index contributed by atoms with van der Waals surface area (Å²) in [4.78, 5) is 18.9. The van der Waals surface area contributed by atoms with Gasteiger partial charge >= 0.3 is 0 Å². The van der Waals surface area contributed by atoms with Crippen LogP contribution in [0.4, 0.5) is 10.9 Å². The van der Waals surface area contributed by atoms with Crippen molar-refractivity contribution in [1.29, 1.82) is 0 Å². The number of rotatable bonds is 6. The Bertz CT molecular complexity index is 456. The van der Waals surface area contributed by atoms with Crippen molar-refractivity contribution < 1.29 is 4.79 Å². The first-order valence-electron chi connectivity index (χ1n) is 7.01. The van der Waals surface area contributed by atoms with Crippen molar-refractivity contribution in [2.75, 3.05) is 24.6 Å². The number of aromatic nitrogens is 1. The van der Waals surface area contributed by atoms with E-state index in [1.54, 1.807) is 4.90 Å². The molecule has 6 heteroatoms. The molecule has 0 aliphatic rings. The molecule has 1 heterocycles. The van der Waals surface area contributed by atoms with Crippen LogP contribution in [0.2, 0.25) is 0 Å².